The Morgan fingerprint density at radius 1 is 1.07 bits per heavy atom. The summed E-state index contributed by atoms with van der Waals surface area (Å²) in [5, 5.41) is 3.23. The van der Waals surface area contributed by atoms with E-state index in [9.17, 15) is 4.79 Å². The predicted molar refractivity (Wildman–Crippen MR) is 118 cm³/mol. The van der Waals surface area contributed by atoms with Crippen LogP contribution >= 0.6 is 0 Å². The van der Waals surface area contributed by atoms with Gasteiger partial charge in [-0.2, -0.15) is 0 Å². The first-order valence-corrected chi connectivity index (χ1v) is 11.1. The molecular formula is C23H32N6O. The Morgan fingerprint density at radius 2 is 1.77 bits per heavy atom. The number of nitrogens with two attached hydrogens (primary N) is 1. The maximum Gasteiger partial charge on any atom is 0.234 e. The summed E-state index contributed by atoms with van der Waals surface area (Å²) in [5.74, 6) is 0.875. The van der Waals surface area contributed by atoms with Crippen molar-refractivity contribution in [2.45, 2.75) is 63.8 Å². The monoisotopic (exact) mass is 408 g/mol. The minimum Gasteiger partial charge on any atom is -0.368 e. The molecule has 30 heavy (non-hydrogen) atoms. The molecule has 7 heteroatoms. The molecule has 0 unspecified atom stereocenters. The fraction of sp³-hybridized carbons (Fsp3) is 0.565. The van der Waals surface area contributed by atoms with Crippen LogP contribution in [0.2, 0.25) is 0 Å². The van der Waals surface area contributed by atoms with Gasteiger partial charge >= 0.3 is 0 Å². The third-order valence-corrected chi connectivity index (χ3v) is 6.32. The first-order chi connectivity index (χ1) is 14.6. The van der Waals surface area contributed by atoms with Crippen LogP contribution in [-0.4, -0.2) is 51.4 Å². The van der Waals surface area contributed by atoms with Gasteiger partial charge in [0, 0.05) is 41.3 Å². The number of nitrogen functional groups attached to an aromatic ring is 1. The molecule has 0 radical (unpaired) electrons. The van der Waals surface area contributed by atoms with Crippen molar-refractivity contribution in [2.24, 2.45) is 0 Å². The third kappa shape index (κ3) is 5.33. The summed E-state index contributed by atoms with van der Waals surface area (Å²) in [7, 11) is 0. The van der Waals surface area contributed by atoms with Crippen LogP contribution in [0.3, 0.4) is 0 Å². The highest BCUT2D eigenvalue weighted by molar-refractivity contribution is 5.78. The molecule has 160 valence electrons. The van der Waals surface area contributed by atoms with Gasteiger partial charge in [-0.15, -0.1) is 0 Å². The molecule has 2 fully saturated rings. The standard InChI is InChI=1S/C23H32N6O/c1-16-11-18(19-13-25-23(24)26-14-19)12-21(27-16)17-7-9-29(10-8-17)15-22(30)28-20-5-3-2-4-6-20/h11-14,17,20H,2-10,15H2,1H3,(H,28,30)(H2,24,25,26). The number of hydrogen-bond donors (Lipinski definition) is 2. The lowest BCUT2D eigenvalue weighted by Crippen LogP contribution is -2.44. The average molecular weight is 409 g/mol. The Hall–Kier alpha value is -2.54. The summed E-state index contributed by atoms with van der Waals surface area (Å²) in [6, 6.07) is 4.59. The number of rotatable bonds is 5. The Labute approximate surface area is 178 Å². The lowest BCUT2D eigenvalue weighted by Gasteiger charge is -2.32. The van der Waals surface area contributed by atoms with E-state index in [4.69, 9.17) is 10.7 Å². The van der Waals surface area contributed by atoms with E-state index in [-0.39, 0.29) is 11.9 Å². The van der Waals surface area contributed by atoms with Gasteiger partial charge in [0.2, 0.25) is 11.9 Å². The van der Waals surface area contributed by atoms with Crippen LogP contribution in [0.1, 0.15) is 62.3 Å². The molecule has 0 bridgehead atoms. The van der Waals surface area contributed by atoms with Gasteiger partial charge in [-0.25, -0.2) is 9.97 Å². The van der Waals surface area contributed by atoms with Crippen molar-refractivity contribution in [1.29, 1.82) is 0 Å². The van der Waals surface area contributed by atoms with Crippen molar-refractivity contribution in [3.8, 4) is 11.1 Å². The number of carbonyl (C=O) groups is 1. The summed E-state index contributed by atoms with van der Waals surface area (Å²) in [6.07, 6.45) is 11.6. The predicted octanol–water partition coefficient (Wildman–Crippen LogP) is 3.06. The molecule has 1 saturated carbocycles. The molecule has 1 aliphatic heterocycles. The number of aromatic nitrogens is 3. The molecular weight excluding hydrogens is 376 g/mol. The smallest absolute Gasteiger partial charge is 0.234 e. The fourth-order valence-corrected chi connectivity index (χ4v) is 4.67. The molecule has 0 aromatic carbocycles. The van der Waals surface area contributed by atoms with E-state index in [0.717, 1.165) is 61.3 Å². The number of nitrogens with zero attached hydrogens (tertiary/aromatic N) is 4. The molecule has 0 spiro atoms. The van der Waals surface area contributed by atoms with Gasteiger partial charge in [0.1, 0.15) is 0 Å². The van der Waals surface area contributed by atoms with Gasteiger partial charge in [-0.05, 0) is 63.4 Å². The Bertz CT molecular complexity index is 854. The first-order valence-electron chi connectivity index (χ1n) is 11.1. The SMILES string of the molecule is Cc1cc(-c2cnc(N)nc2)cc(C2CCN(CC(=O)NC3CCCCC3)CC2)n1. The Balaban J connectivity index is 1.33. The molecule has 1 saturated heterocycles. The number of piperidine rings is 1. The summed E-state index contributed by atoms with van der Waals surface area (Å²) in [5.41, 5.74) is 9.75. The van der Waals surface area contributed by atoms with E-state index >= 15 is 0 Å². The van der Waals surface area contributed by atoms with E-state index in [0.29, 0.717) is 18.5 Å². The number of nitrogens with one attached hydrogen (secondary N) is 1. The molecule has 3 heterocycles. The second kappa shape index (κ2) is 9.51. The van der Waals surface area contributed by atoms with Crippen molar-refractivity contribution < 1.29 is 4.79 Å². The van der Waals surface area contributed by atoms with Crippen molar-refractivity contribution in [3.05, 3.63) is 35.9 Å². The fourth-order valence-electron chi connectivity index (χ4n) is 4.67. The second-order valence-corrected chi connectivity index (χ2v) is 8.70. The Kier molecular flexibility index (Phi) is 6.57. The zero-order valence-corrected chi connectivity index (χ0v) is 17.8. The minimum atomic E-state index is 0.180. The van der Waals surface area contributed by atoms with E-state index in [1.807, 2.05) is 6.92 Å². The summed E-state index contributed by atoms with van der Waals surface area (Å²) in [4.78, 5) is 27.7. The maximum absolute atomic E-state index is 12.4. The molecule has 2 aliphatic rings. The Morgan fingerprint density at radius 3 is 2.47 bits per heavy atom. The summed E-state index contributed by atoms with van der Waals surface area (Å²) < 4.78 is 0. The minimum absolute atomic E-state index is 0.180. The van der Waals surface area contributed by atoms with Gasteiger partial charge in [-0.3, -0.25) is 14.7 Å². The highest BCUT2D eigenvalue weighted by Gasteiger charge is 2.24. The number of amides is 1. The third-order valence-electron chi connectivity index (χ3n) is 6.32. The van der Waals surface area contributed by atoms with Crippen molar-refractivity contribution in [3.63, 3.8) is 0 Å². The van der Waals surface area contributed by atoms with Gasteiger partial charge in [-0.1, -0.05) is 19.3 Å². The van der Waals surface area contributed by atoms with Crippen LogP contribution in [0.5, 0.6) is 0 Å². The van der Waals surface area contributed by atoms with Crippen LogP contribution in [0, 0.1) is 6.92 Å². The van der Waals surface area contributed by atoms with Gasteiger partial charge < -0.3 is 11.1 Å². The number of anilines is 1. The van der Waals surface area contributed by atoms with Crippen molar-refractivity contribution in [1.82, 2.24) is 25.2 Å². The molecule has 1 amide bonds. The van der Waals surface area contributed by atoms with E-state index in [2.05, 4.69) is 32.3 Å². The number of pyridine rings is 1. The van der Waals surface area contributed by atoms with Crippen LogP contribution in [-0.2, 0) is 4.79 Å². The maximum atomic E-state index is 12.4. The lowest BCUT2D eigenvalue weighted by atomic mass is 9.91. The molecule has 1 aliphatic carbocycles. The zero-order valence-electron chi connectivity index (χ0n) is 17.8. The van der Waals surface area contributed by atoms with Crippen LogP contribution in [0.4, 0.5) is 5.95 Å². The van der Waals surface area contributed by atoms with Gasteiger partial charge in [0.25, 0.3) is 0 Å². The van der Waals surface area contributed by atoms with E-state index in [1.54, 1.807) is 12.4 Å². The molecule has 3 N–H and O–H groups in total. The average Bonchev–Trinajstić information content (AvgIpc) is 2.75. The van der Waals surface area contributed by atoms with Crippen LogP contribution in [0.15, 0.2) is 24.5 Å². The van der Waals surface area contributed by atoms with Crippen LogP contribution in [0.25, 0.3) is 11.1 Å². The van der Waals surface area contributed by atoms with E-state index in [1.165, 1.54) is 19.3 Å². The normalized spacial score (nSPS) is 19.0. The largest absolute Gasteiger partial charge is 0.368 e. The molecule has 2 aromatic rings. The lowest BCUT2D eigenvalue weighted by molar-refractivity contribution is -0.123. The van der Waals surface area contributed by atoms with Crippen LogP contribution < -0.4 is 11.1 Å². The first kappa shape index (κ1) is 20.7. The van der Waals surface area contributed by atoms with Gasteiger partial charge in [0.05, 0.1) is 6.54 Å². The highest BCUT2D eigenvalue weighted by atomic mass is 16.2. The van der Waals surface area contributed by atoms with Crippen molar-refractivity contribution >= 4 is 11.9 Å². The number of likely N-dealkylation sites (tertiary alicyclic amines) is 1. The number of hydrogen-bond acceptors (Lipinski definition) is 6. The highest BCUT2D eigenvalue weighted by Crippen LogP contribution is 2.30. The molecule has 7 nitrogen and oxygen atoms in total. The quantitative estimate of drug-likeness (QED) is 0.789. The number of aryl methyl sites for hydroxylation is 1. The number of carbonyl (C=O) groups excluding carboxylic acids is 1. The van der Waals surface area contributed by atoms with Gasteiger partial charge in [0.15, 0.2) is 0 Å². The summed E-state index contributed by atoms with van der Waals surface area (Å²) in [6.45, 7) is 4.39. The summed E-state index contributed by atoms with van der Waals surface area (Å²) >= 11 is 0. The topological polar surface area (TPSA) is 97.0 Å². The van der Waals surface area contributed by atoms with Crippen molar-refractivity contribution in [2.75, 3.05) is 25.4 Å². The second-order valence-electron chi connectivity index (χ2n) is 8.70. The van der Waals surface area contributed by atoms with E-state index < -0.39 is 0 Å². The molecule has 2 aromatic heterocycles. The molecule has 0 atom stereocenters. The molecule has 4 rings (SSSR count). The zero-order chi connectivity index (χ0) is 20.9.